The lowest BCUT2D eigenvalue weighted by molar-refractivity contribution is 1.30. The molecule has 0 atom stereocenters. The summed E-state index contributed by atoms with van der Waals surface area (Å²) in [6.07, 6.45) is 1.45. The van der Waals surface area contributed by atoms with E-state index in [-0.39, 0.29) is 5.43 Å². The van der Waals surface area contributed by atoms with E-state index in [2.05, 4.69) is 15.0 Å². The summed E-state index contributed by atoms with van der Waals surface area (Å²) >= 11 is 0. The van der Waals surface area contributed by atoms with E-state index in [0.29, 0.717) is 17.0 Å². The second kappa shape index (κ2) is 1.85. The van der Waals surface area contributed by atoms with Crippen LogP contribution in [0.1, 0.15) is 0 Å². The number of imidazole rings is 1. The number of fused-ring (bicyclic) bond motifs is 1. The van der Waals surface area contributed by atoms with Gasteiger partial charge < -0.3 is 15.7 Å². The minimum atomic E-state index is -0.169. The van der Waals surface area contributed by atoms with E-state index < -0.39 is 0 Å². The zero-order valence-electron chi connectivity index (χ0n) is 5.59. The quantitative estimate of drug-likeness (QED) is 0.487. The molecule has 0 bridgehead atoms. The molecule has 0 saturated heterocycles. The van der Waals surface area contributed by atoms with Gasteiger partial charge in [0.1, 0.15) is 11.5 Å². The van der Waals surface area contributed by atoms with Crippen molar-refractivity contribution in [3.05, 3.63) is 22.6 Å². The summed E-state index contributed by atoms with van der Waals surface area (Å²) in [5, 5.41) is 0. The van der Waals surface area contributed by atoms with Crippen LogP contribution < -0.4 is 11.2 Å². The second-order valence-corrected chi connectivity index (χ2v) is 2.22. The van der Waals surface area contributed by atoms with Gasteiger partial charge in [0.25, 0.3) is 0 Å². The number of anilines is 1. The van der Waals surface area contributed by atoms with Gasteiger partial charge in [-0.05, 0) is 0 Å². The number of H-pyrrole nitrogens is 2. The van der Waals surface area contributed by atoms with Crippen LogP contribution in [0, 0.1) is 0 Å². The molecule has 0 saturated carbocycles. The molecule has 0 amide bonds. The third-order valence-corrected chi connectivity index (χ3v) is 1.43. The van der Waals surface area contributed by atoms with Gasteiger partial charge in [-0.25, -0.2) is 4.98 Å². The molecule has 0 fully saturated rings. The Bertz CT molecular complexity index is 441. The van der Waals surface area contributed by atoms with E-state index in [0.717, 1.165) is 0 Å². The summed E-state index contributed by atoms with van der Waals surface area (Å²) in [6, 6.07) is 1.31. The molecule has 11 heavy (non-hydrogen) atoms. The van der Waals surface area contributed by atoms with Crippen molar-refractivity contribution < 1.29 is 0 Å². The van der Waals surface area contributed by atoms with Gasteiger partial charge in [-0.1, -0.05) is 0 Å². The van der Waals surface area contributed by atoms with Gasteiger partial charge in [0.05, 0.1) is 6.33 Å². The average Bonchev–Trinajstić information content (AvgIpc) is 2.34. The lowest BCUT2D eigenvalue weighted by atomic mass is 10.4. The van der Waals surface area contributed by atoms with Crippen molar-refractivity contribution in [1.29, 1.82) is 0 Å². The number of nitrogens with one attached hydrogen (secondary N) is 2. The maximum Gasteiger partial charge on any atom is 0.211 e. The highest BCUT2D eigenvalue weighted by Gasteiger charge is 2.00. The Morgan fingerprint density at radius 1 is 1.55 bits per heavy atom. The van der Waals surface area contributed by atoms with E-state index in [9.17, 15) is 4.79 Å². The normalized spacial score (nSPS) is 10.5. The monoisotopic (exact) mass is 150 g/mol. The highest BCUT2D eigenvalue weighted by molar-refractivity contribution is 5.71. The summed E-state index contributed by atoms with van der Waals surface area (Å²) in [4.78, 5) is 20.4. The number of rotatable bonds is 0. The third-order valence-electron chi connectivity index (χ3n) is 1.43. The Hall–Kier alpha value is -1.78. The molecule has 56 valence electrons. The fourth-order valence-electron chi connectivity index (χ4n) is 0.966. The van der Waals surface area contributed by atoms with Gasteiger partial charge in [0.2, 0.25) is 5.43 Å². The maximum absolute atomic E-state index is 11.1. The number of nitrogen functional groups attached to an aromatic ring is 1. The van der Waals surface area contributed by atoms with Crippen molar-refractivity contribution in [3.63, 3.8) is 0 Å². The molecular weight excluding hydrogens is 144 g/mol. The molecule has 0 aliphatic carbocycles. The highest BCUT2D eigenvalue weighted by Crippen LogP contribution is 2.01. The van der Waals surface area contributed by atoms with Crippen LogP contribution in [0.25, 0.3) is 11.2 Å². The molecule has 0 aliphatic rings. The van der Waals surface area contributed by atoms with Gasteiger partial charge in [0, 0.05) is 6.07 Å². The van der Waals surface area contributed by atoms with Crippen LogP contribution in [0.5, 0.6) is 0 Å². The molecule has 0 radical (unpaired) electrons. The first-order chi connectivity index (χ1) is 5.27. The molecule has 0 spiro atoms. The molecule has 0 unspecified atom stereocenters. The van der Waals surface area contributed by atoms with Crippen LogP contribution in [-0.4, -0.2) is 15.0 Å². The van der Waals surface area contributed by atoms with E-state index in [4.69, 9.17) is 5.73 Å². The summed E-state index contributed by atoms with van der Waals surface area (Å²) < 4.78 is 0. The van der Waals surface area contributed by atoms with Gasteiger partial charge in [-0.3, -0.25) is 4.79 Å². The Labute approximate surface area is 61.3 Å². The van der Waals surface area contributed by atoms with Crippen LogP contribution in [-0.2, 0) is 0 Å². The molecule has 2 rings (SSSR count). The van der Waals surface area contributed by atoms with Gasteiger partial charge in [-0.2, -0.15) is 0 Å². The summed E-state index contributed by atoms with van der Waals surface area (Å²) in [7, 11) is 0. The minimum Gasteiger partial charge on any atom is -0.385 e. The van der Waals surface area contributed by atoms with E-state index in [1.807, 2.05) is 0 Å². The van der Waals surface area contributed by atoms with Crippen LogP contribution in [0.3, 0.4) is 0 Å². The number of aromatic nitrogens is 3. The van der Waals surface area contributed by atoms with Crippen molar-refractivity contribution in [2.45, 2.75) is 0 Å². The number of hydrogen-bond acceptors (Lipinski definition) is 3. The predicted octanol–water partition coefficient (Wildman–Crippen LogP) is -0.167. The number of aromatic amines is 2. The number of nitrogens with two attached hydrogens (primary N) is 1. The number of nitrogens with zero attached hydrogens (tertiary/aromatic N) is 1. The first-order valence-electron chi connectivity index (χ1n) is 3.09. The first kappa shape index (κ1) is 5.96. The zero-order chi connectivity index (χ0) is 7.84. The number of hydrogen-bond donors (Lipinski definition) is 3. The molecular formula is C6H6N4O. The Balaban J connectivity index is 3.02. The topological polar surface area (TPSA) is 87.6 Å². The zero-order valence-corrected chi connectivity index (χ0v) is 5.59. The summed E-state index contributed by atoms with van der Waals surface area (Å²) in [5.74, 6) is 0.340. The molecule has 2 aromatic heterocycles. The van der Waals surface area contributed by atoms with Gasteiger partial charge in [-0.15, -0.1) is 0 Å². The first-order valence-corrected chi connectivity index (χ1v) is 3.09. The standard InChI is InChI=1S/C6H6N4O/c7-4-1-3(11)5-6(10-4)9-2-8-5/h1-2H,(H4,7,8,9,10,11). The van der Waals surface area contributed by atoms with Crippen molar-refractivity contribution in [2.24, 2.45) is 0 Å². The molecule has 4 N–H and O–H groups in total. The third kappa shape index (κ3) is 0.778. The lowest BCUT2D eigenvalue weighted by Gasteiger charge is -1.90. The van der Waals surface area contributed by atoms with E-state index in [1.165, 1.54) is 12.4 Å². The van der Waals surface area contributed by atoms with Crippen LogP contribution in [0.4, 0.5) is 5.82 Å². The van der Waals surface area contributed by atoms with Crippen molar-refractivity contribution in [2.75, 3.05) is 5.73 Å². The summed E-state index contributed by atoms with van der Waals surface area (Å²) in [5.41, 5.74) is 6.16. The molecule has 0 aliphatic heterocycles. The van der Waals surface area contributed by atoms with Gasteiger partial charge >= 0.3 is 0 Å². The van der Waals surface area contributed by atoms with Crippen molar-refractivity contribution in [3.8, 4) is 0 Å². The Kier molecular flexibility index (Phi) is 1.00. The smallest absolute Gasteiger partial charge is 0.211 e. The lowest BCUT2D eigenvalue weighted by Crippen LogP contribution is -2.04. The maximum atomic E-state index is 11.1. The fraction of sp³-hybridized carbons (Fsp3) is 0. The van der Waals surface area contributed by atoms with E-state index in [1.54, 1.807) is 0 Å². The van der Waals surface area contributed by atoms with Crippen molar-refractivity contribution in [1.82, 2.24) is 15.0 Å². The number of pyridine rings is 1. The minimum absolute atomic E-state index is 0.169. The molecule has 5 nitrogen and oxygen atoms in total. The van der Waals surface area contributed by atoms with Crippen LogP contribution >= 0.6 is 0 Å². The Morgan fingerprint density at radius 3 is 3.18 bits per heavy atom. The SMILES string of the molecule is Nc1cc(=O)c2nc[nH]c2[nH]1. The fourth-order valence-corrected chi connectivity index (χ4v) is 0.966. The highest BCUT2D eigenvalue weighted by atomic mass is 16.1. The molecule has 0 aromatic carbocycles. The molecule has 2 aromatic rings. The average molecular weight is 150 g/mol. The largest absolute Gasteiger partial charge is 0.385 e. The Morgan fingerprint density at radius 2 is 2.36 bits per heavy atom. The van der Waals surface area contributed by atoms with Crippen molar-refractivity contribution >= 4 is 17.0 Å². The van der Waals surface area contributed by atoms with Gasteiger partial charge in [0.15, 0.2) is 5.52 Å². The predicted molar refractivity (Wildman–Crippen MR) is 41.1 cm³/mol. The van der Waals surface area contributed by atoms with Crippen LogP contribution in [0.15, 0.2) is 17.2 Å². The molecule has 5 heteroatoms. The van der Waals surface area contributed by atoms with E-state index >= 15 is 0 Å². The summed E-state index contributed by atoms with van der Waals surface area (Å²) in [6.45, 7) is 0. The van der Waals surface area contributed by atoms with Crippen LogP contribution in [0.2, 0.25) is 0 Å². The molecule has 2 heterocycles. The second-order valence-electron chi connectivity index (χ2n) is 2.22.